The van der Waals surface area contributed by atoms with Gasteiger partial charge >= 0.3 is 0 Å². The minimum atomic E-state index is -3.83. The summed E-state index contributed by atoms with van der Waals surface area (Å²) in [5, 5.41) is 4.31. The largest absolute Gasteiger partial charge is 0.497 e. The minimum Gasteiger partial charge on any atom is -0.497 e. The first kappa shape index (κ1) is 18.4. The molecule has 0 spiro atoms. The molecular formula is C17H21N3O5S. The lowest BCUT2D eigenvalue weighted by molar-refractivity contribution is 0.392. The van der Waals surface area contributed by atoms with Gasteiger partial charge in [-0.25, -0.2) is 17.8 Å². The molecule has 0 saturated heterocycles. The van der Waals surface area contributed by atoms with Crippen LogP contribution < -0.4 is 19.8 Å². The van der Waals surface area contributed by atoms with Crippen LogP contribution in [-0.2, 0) is 16.6 Å². The fourth-order valence-corrected chi connectivity index (χ4v) is 3.78. The van der Waals surface area contributed by atoms with Crippen LogP contribution >= 0.6 is 0 Å². The second-order valence-corrected chi connectivity index (χ2v) is 7.74. The molecule has 0 radical (unpaired) electrons. The summed E-state index contributed by atoms with van der Waals surface area (Å²) in [6.45, 7) is 0.175. The van der Waals surface area contributed by atoms with Gasteiger partial charge in [-0.3, -0.25) is 4.79 Å². The van der Waals surface area contributed by atoms with Crippen molar-refractivity contribution < 1.29 is 17.9 Å². The first-order valence-electron chi connectivity index (χ1n) is 8.24. The van der Waals surface area contributed by atoms with Gasteiger partial charge in [0, 0.05) is 24.6 Å². The van der Waals surface area contributed by atoms with Crippen molar-refractivity contribution in [3.8, 4) is 11.5 Å². The van der Waals surface area contributed by atoms with Crippen molar-refractivity contribution in [2.45, 2.75) is 30.2 Å². The van der Waals surface area contributed by atoms with Crippen molar-refractivity contribution >= 4 is 10.0 Å². The fourth-order valence-electron chi connectivity index (χ4n) is 2.58. The van der Waals surface area contributed by atoms with Crippen LogP contribution in [0.15, 0.2) is 40.0 Å². The standard InChI is InChI=1S/C17H21N3O5S/c1-24-13-5-7-15(25-2)16(11-13)26(22,23)18-9-10-20-17(21)8-6-14(19-20)12-3-4-12/h5-8,11-12,18H,3-4,9-10H2,1-2H3. The van der Waals surface area contributed by atoms with Gasteiger partial charge in [-0.1, -0.05) is 0 Å². The van der Waals surface area contributed by atoms with Gasteiger partial charge < -0.3 is 9.47 Å². The van der Waals surface area contributed by atoms with Crippen molar-refractivity contribution in [3.05, 3.63) is 46.4 Å². The Hall–Kier alpha value is -2.39. The summed E-state index contributed by atoms with van der Waals surface area (Å²) < 4.78 is 39.1. The molecule has 2 aromatic rings. The number of nitrogens with zero attached hydrogens (tertiary/aromatic N) is 2. The number of methoxy groups -OCH3 is 2. The summed E-state index contributed by atoms with van der Waals surface area (Å²) in [6.07, 6.45) is 2.15. The maximum absolute atomic E-state index is 12.6. The Morgan fingerprint density at radius 1 is 1.19 bits per heavy atom. The van der Waals surface area contributed by atoms with Crippen LogP contribution in [0.1, 0.15) is 24.5 Å². The maximum Gasteiger partial charge on any atom is 0.266 e. The molecule has 1 aromatic heterocycles. The molecule has 1 saturated carbocycles. The minimum absolute atomic E-state index is 0.0219. The summed E-state index contributed by atoms with van der Waals surface area (Å²) in [7, 11) is -0.979. The molecule has 0 amide bonds. The molecule has 9 heteroatoms. The molecule has 140 valence electrons. The summed E-state index contributed by atoms with van der Waals surface area (Å²) in [6, 6.07) is 7.74. The van der Waals surface area contributed by atoms with Crippen LogP contribution in [0.2, 0.25) is 0 Å². The second-order valence-electron chi connectivity index (χ2n) is 6.01. The Bertz CT molecular complexity index is 951. The lowest BCUT2D eigenvalue weighted by Crippen LogP contribution is -2.32. The fraction of sp³-hybridized carbons (Fsp3) is 0.412. The van der Waals surface area contributed by atoms with Crippen molar-refractivity contribution in [2.24, 2.45) is 0 Å². The van der Waals surface area contributed by atoms with Gasteiger partial charge in [-0.2, -0.15) is 5.10 Å². The first-order valence-corrected chi connectivity index (χ1v) is 9.72. The molecule has 0 atom stereocenters. The van der Waals surface area contributed by atoms with Gasteiger partial charge in [0.25, 0.3) is 5.56 Å². The third-order valence-electron chi connectivity index (χ3n) is 4.16. The highest BCUT2D eigenvalue weighted by Gasteiger charge is 2.25. The van der Waals surface area contributed by atoms with Gasteiger partial charge in [0.15, 0.2) is 0 Å². The molecular weight excluding hydrogens is 358 g/mol. The van der Waals surface area contributed by atoms with E-state index in [-0.39, 0.29) is 29.3 Å². The second kappa shape index (κ2) is 7.46. The van der Waals surface area contributed by atoms with Crippen LogP contribution in [0.5, 0.6) is 11.5 Å². The number of hydrogen-bond acceptors (Lipinski definition) is 6. The Balaban J connectivity index is 1.73. The normalized spacial score (nSPS) is 14.2. The van der Waals surface area contributed by atoms with Crippen molar-refractivity contribution in [1.29, 1.82) is 0 Å². The third-order valence-corrected chi connectivity index (χ3v) is 5.64. The molecule has 1 aliphatic rings. The van der Waals surface area contributed by atoms with E-state index in [4.69, 9.17) is 9.47 Å². The molecule has 1 aliphatic carbocycles. The first-order chi connectivity index (χ1) is 12.4. The Morgan fingerprint density at radius 2 is 1.96 bits per heavy atom. The van der Waals surface area contributed by atoms with E-state index < -0.39 is 10.0 Å². The van der Waals surface area contributed by atoms with Crippen LogP contribution in [0, 0.1) is 0 Å². The number of aromatic nitrogens is 2. The quantitative estimate of drug-likeness (QED) is 0.738. The molecule has 1 N–H and O–H groups in total. The van der Waals surface area contributed by atoms with Gasteiger partial charge in [-0.05, 0) is 31.0 Å². The number of benzene rings is 1. The summed E-state index contributed by atoms with van der Waals surface area (Å²) in [5.41, 5.74) is 0.620. The monoisotopic (exact) mass is 379 g/mol. The van der Waals surface area contributed by atoms with E-state index in [9.17, 15) is 13.2 Å². The van der Waals surface area contributed by atoms with Crippen LogP contribution in [-0.4, -0.2) is 39.0 Å². The zero-order chi connectivity index (χ0) is 18.7. The number of rotatable bonds is 8. The number of sulfonamides is 1. The summed E-state index contributed by atoms with van der Waals surface area (Å²) >= 11 is 0. The van der Waals surface area contributed by atoms with Gasteiger partial charge in [0.1, 0.15) is 16.4 Å². The van der Waals surface area contributed by atoms with Crippen LogP contribution in [0.25, 0.3) is 0 Å². The van der Waals surface area contributed by atoms with Crippen LogP contribution in [0.4, 0.5) is 0 Å². The average molecular weight is 379 g/mol. The van der Waals surface area contributed by atoms with Crippen molar-refractivity contribution in [3.63, 3.8) is 0 Å². The molecule has 26 heavy (non-hydrogen) atoms. The summed E-state index contributed by atoms with van der Waals surface area (Å²) in [5.74, 6) is 1.03. The highest BCUT2D eigenvalue weighted by atomic mass is 32.2. The molecule has 1 aromatic carbocycles. The van der Waals surface area contributed by atoms with Crippen molar-refractivity contribution in [2.75, 3.05) is 20.8 Å². The SMILES string of the molecule is COc1ccc(OC)c(S(=O)(=O)NCCn2nc(C3CC3)ccc2=O)c1. The predicted octanol–water partition coefficient (Wildman–Crippen LogP) is 1.12. The lowest BCUT2D eigenvalue weighted by atomic mass is 10.3. The van der Waals surface area contributed by atoms with Gasteiger partial charge in [0.2, 0.25) is 10.0 Å². The Morgan fingerprint density at radius 3 is 2.62 bits per heavy atom. The smallest absolute Gasteiger partial charge is 0.266 e. The molecule has 0 unspecified atom stereocenters. The highest BCUT2D eigenvalue weighted by Crippen LogP contribution is 2.38. The highest BCUT2D eigenvalue weighted by molar-refractivity contribution is 7.89. The van der Waals surface area contributed by atoms with Crippen LogP contribution in [0.3, 0.4) is 0 Å². The molecule has 8 nitrogen and oxygen atoms in total. The topological polar surface area (TPSA) is 99.5 Å². The number of hydrogen-bond donors (Lipinski definition) is 1. The molecule has 1 heterocycles. The number of nitrogens with one attached hydrogen (secondary N) is 1. The lowest BCUT2D eigenvalue weighted by Gasteiger charge is -2.12. The van der Waals surface area contributed by atoms with E-state index in [1.54, 1.807) is 12.1 Å². The molecule has 1 fully saturated rings. The van der Waals surface area contributed by atoms with E-state index >= 15 is 0 Å². The summed E-state index contributed by atoms with van der Waals surface area (Å²) in [4.78, 5) is 11.9. The van der Waals surface area contributed by atoms with Gasteiger partial charge in [-0.15, -0.1) is 0 Å². The molecule has 0 bridgehead atoms. The number of ether oxygens (including phenoxy) is 2. The molecule has 3 rings (SSSR count). The zero-order valence-corrected chi connectivity index (χ0v) is 15.5. The Kier molecular flexibility index (Phi) is 5.28. The van der Waals surface area contributed by atoms with Gasteiger partial charge in [0.05, 0.1) is 26.5 Å². The van der Waals surface area contributed by atoms with E-state index in [0.717, 1.165) is 18.5 Å². The maximum atomic E-state index is 12.6. The molecule has 0 aliphatic heterocycles. The predicted molar refractivity (Wildman–Crippen MR) is 95.2 cm³/mol. The van der Waals surface area contributed by atoms with E-state index in [1.165, 1.54) is 37.1 Å². The van der Waals surface area contributed by atoms with E-state index in [2.05, 4.69) is 9.82 Å². The van der Waals surface area contributed by atoms with E-state index in [1.807, 2.05) is 0 Å². The van der Waals surface area contributed by atoms with Crippen molar-refractivity contribution in [1.82, 2.24) is 14.5 Å². The average Bonchev–Trinajstić information content (AvgIpc) is 3.47. The third kappa shape index (κ3) is 4.05. The zero-order valence-electron chi connectivity index (χ0n) is 14.6. The van der Waals surface area contributed by atoms with E-state index in [0.29, 0.717) is 11.7 Å². The Labute approximate surface area is 151 Å².